The Bertz CT molecular complexity index is 6330. The molecule has 0 amide bonds. The lowest BCUT2D eigenvalue weighted by Crippen LogP contribution is -1.96. The predicted molar refractivity (Wildman–Crippen MR) is 432 cm³/mol. The third-order valence-electron chi connectivity index (χ3n) is 19.8. The minimum atomic E-state index is 0.683. The number of fused-ring (bicyclic) bond motifs is 8. The molecule has 19 rings (SSSR count). The maximum Gasteiger partial charge on any atom is 0.160 e. The van der Waals surface area contributed by atoms with Crippen LogP contribution in [0.3, 0.4) is 0 Å². The first-order valence-corrected chi connectivity index (χ1v) is 35.1. The van der Waals surface area contributed by atoms with Gasteiger partial charge < -0.3 is 0 Å². The number of aromatic nitrogens is 6. The smallest absolute Gasteiger partial charge is 0.160 e. The molecule has 0 saturated carbocycles. The van der Waals surface area contributed by atoms with Gasteiger partial charge in [-0.1, -0.05) is 315 Å². The molecular weight excluding hydrogens is 1260 g/mol. The van der Waals surface area contributed by atoms with Crippen LogP contribution in [0.25, 0.3) is 188 Å². The highest BCUT2D eigenvalue weighted by Gasteiger charge is 2.18. The quantitative estimate of drug-likeness (QED) is 0.113. The van der Waals surface area contributed by atoms with Crippen molar-refractivity contribution < 1.29 is 0 Å². The number of pyridine rings is 2. The summed E-state index contributed by atoms with van der Waals surface area (Å²) >= 11 is 0. The molecule has 0 spiro atoms. The predicted octanol–water partition coefficient (Wildman–Crippen LogP) is 25.5. The van der Waals surface area contributed by atoms with Crippen molar-refractivity contribution >= 4 is 53.9 Å². The summed E-state index contributed by atoms with van der Waals surface area (Å²) in [6.45, 7) is 0. The van der Waals surface area contributed by atoms with Crippen LogP contribution in [0.4, 0.5) is 0 Å². The van der Waals surface area contributed by atoms with Gasteiger partial charge in [0.2, 0.25) is 0 Å². The van der Waals surface area contributed by atoms with E-state index in [0.717, 1.165) is 106 Å². The van der Waals surface area contributed by atoms with E-state index in [0.29, 0.717) is 11.6 Å². The molecule has 0 unspecified atom stereocenters. The Kier molecular flexibility index (Phi) is 16.6. The average Bonchev–Trinajstić information content (AvgIpc) is 0.771. The van der Waals surface area contributed by atoms with Crippen molar-refractivity contribution in [1.29, 1.82) is 0 Å². The van der Waals surface area contributed by atoms with Crippen molar-refractivity contribution in [3.05, 3.63) is 389 Å². The highest BCUT2D eigenvalue weighted by molar-refractivity contribution is 6.25. The third kappa shape index (κ3) is 12.5. The van der Waals surface area contributed by atoms with Crippen LogP contribution in [0.1, 0.15) is 0 Å². The fraction of sp³-hybridized carbons (Fsp3) is 0. The molecule has 4 heterocycles. The van der Waals surface area contributed by atoms with Gasteiger partial charge in [0.1, 0.15) is 0 Å². The van der Waals surface area contributed by atoms with Crippen LogP contribution >= 0.6 is 0 Å². The van der Waals surface area contributed by atoms with Gasteiger partial charge in [-0.05, 0) is 169 Å². The monoisotopic (exact) mass is 1320 g/mol. The number of rotatable bonds is 12. The summed E-state index contributed by atoms with van der Waals surface area (Å²) in [5.74, 6) is 1.37. The number of hydrogen-bond donors (Lipinski definition) is 0. The summed E-state index contributed by atoms with van der Waals surface area (Å²) in [7, 11) is 0. The van der Waals surface area contributed by atoms with E-state index in [1.165, 1.54) is 70.6 Å². The molecule has 0 saturated heterocycles. The van der Waals surface area contributed by atoms with Gasteiger partial charge in [-0.25, -0.2) is 19.9 Å². The van der Waals surface area contributed by atoms with Gasteiger partial charge in [0, 0.05) is 58.2 Å². The first kappa shape index (κ1) is 62.3. The van der Waals surface area contributed by atoms with Gasteiger partial charge in [-0.15, -0.1) is 0 Å². The number of benzene rings is 15. The Morgan fingerprint density at radius 1 is 0.154 bits per heavy atom. The SMILES string of the molecule is c1ccc(-c2cccc(-c3cc(-c4ccc(-c5cccnc5)cc4)nc(-c4cccc(-c5ccc6c7ccccc7c7ccccc7c6c5)c4)n3)c2)cc1.c1cncc(-c2ccc(-c3cc(-c4cccc(-c5cccc6ccccc56)c4)nc(-c4ccc(-c5cccc6ccccc56)cc4)n3)cc2)c1. The molecule has 6 heteroatoms. The van der Waals surface area contributed by atoms with Gasteiger partial charge in [-0.2, -0.15) is 0 Å². The zero-order valence-corrected chi connectivity index (χ0v) is 56.6. The fourth-order valence-electron chi connectivity index (χ4n) is 14.5. The lowest BCUT2D eigenvalue weighted by atomic mass is 9.92. The summed E-state index contributed by atoms with van der Waals surface area (Å²) in [6, 6.07) is 129. The lowest BCUT2D eigenvalue weighted by molar-refractivity contribution is 1.18. The minimum Gasteiger partial charge on any atom is -0.264 e. The largest absolute Gasteiger partial charge is 0.264 e. The molecular formula is C98H64N6. The topological polar surface area (TPSA) is 77.3 Å². The summed E-state index contributed by atoms with van der Waals surface area (Å²) < 4.78 is 0. The zero-order valence-electron chi connectivity index (χ0n) is 56.6. The minimum absolute atomic E-state index is 0.683. The molecule has 0 radical (unpaired) electrons. The maximum absolute atomic E-state index is 5.24. The fourth-order valence-corrected chi connectivity index (χ4v) is 14.5. The van der Waals surface area contributed by atoms with Crippen molar-refractivity contribution in [2.45, 2.75) is 0 Å². The first-order chi connectivity index (χ1) is 51.5. The Hall–Kier alpha value is -13.9. The van der Waals surface area contributed by atoms with Gasteiger partial charge in [0.05, 0.1) is 22.8 Å². The molecule has 15 aromatic carbocycles. The standard InChI is InChI=1S/C51H33N3.C47H31N3/c1-2-11-34(12-3-1)37-13-8-15-40(29-37)50-32-49(36-24-22-35(23-25-36)42-17-10-28-52-33-42)53-51(54-50)41-16-9-14-38(30-41)39-26-27-47-45-20-5-4-18-43(45)44-19-6-7-21-46(44)48(47)31-39;1-3-16-41-33(9-1)11-6-18-43(41)35-22-26-37(27-23-35)47-49-45(36-24-20-32(21-25-36)40-15-8-28-48-31-40)30-46(50-47)39-14-5-13-38(29-39)44-19-7-12-34-10-2-4-17-42(34)44/h1-33H;1-31H. The molecule has 19 aromatic rings. The second kappa shape index (κ2) is 27.6. The zero-order chi connectivity index (χ0) is 69.1. The van der Waals surface area contributed by atoms with Crippen LogP contribution in [0.15, 0.2) is 389 Å². The van der Waals surface area contributed by atoms with Crippen LogP contribution in [0, 0.1) is 0 Å². The lowest BCUT2D eigenvalue weighted by Gasteiger charge is -2.13. The van der Waals surface area contributed by atoms with Crippen molar-refractivity contribution in [3.8, 4) is 135 Å². The van der Waals surface area contributed by atoms with E-state index in [1.807, 2.05) is 30.6 Å². The van der Waals surface area contributed by atoms with Crippen LogP contribution in [0.2, 0.25) is 0 Å². The molecule has 4 aromatic heterocycles. The summed E-state index contributed by atoms with van der Waals surface area (Å²) in [4.78, 5) is 29.4. The van der Waals surface area contributed by atoms with Gasteiger partial charge in [0.15, 0.2) is 11.6 Å². The second-order valence-electron chi connectivity index (χ2n) is 26.2. The van der Waals surface area contributed by atoms with Crippen molar-refractivity contribution in [3.63, 3.8) is 0 Å². The summed E-state index contributed by atoms with van der Waals surface area (Å²) in [5.41, 5.74) is 23.3. The van der Waals surface area contributed by atoms with E-state index < -0.39 is 0 Å². The van der Waals surface area contributed by atoms with Crippen LogP contribution in [-0.4, -0.2) is 29.9 Å². The van der Waals surface area contributed by atoms with E-state index >= 15 is 0 Å². The molecule has 104 heavy (non-hydrogen) atoms. The average molecular weight is 1330 g/mol. The molecule has 0 aliphatic heterocycles. The summed E-state index contributed by atoms with van der Waals surface area (Å²) in [5, 5.41) is 12.5. The molecule has 0 fully saturated rings. The van der Waals surface area contributed by atoms with E-state index in [4.69, 9.17) is 19.9 Å². The van der Waals surface area contributed by atoms with Crippen LogP contribution < -0.4 is 0 Å². The highest BCUT2D eigenvalue weighted by atomic mass is 14.9. The molecule has 0 N–H and O–H groups in total. The van der Waals surface area contributed by atoms with Crippen LogP contribution in [0.5, 0.6) is 0 Å². The maximum atomic E-state index is 5.24. The molecule has 0 aliphatic carbocycles. The van der Waals surface area contributed by atoms with Crippen molar-refractivity contribution in [2.24, 2.45) is 0 Å². The molecule has 6 nitrogen and oxygen atoms in total. The van der Waals surface area contributed by atoms with Gasteiger partial charge >= 0.3 is 0 Å². The van der Waals surface area contributed by atoms with E-state index in [2.05, 4.69) is 356 Å². The Morgan fingerprint density at radius 2 is 0.471 bits per heavy atom. The van der Waals surface area contributed by atoms with Crippen molar-refractivity contribution in [1.82, 2.24) is 29.9 Å². The number of nitrogens with zero attached hydrogens (tertiary/aromatic N) is 6. The first-order valence-electron chi connectivity index (χ1n) is 35.1. The normalized spacial score (nSPS) is 11.3. The Balaban J connectivity index is 0.000000149. The highest BCUT2D eigenvalue weighted by Crippen LogP contribution is 2.41. The molecule has 0 bridgehead atoms. The van der Waals surface area contributed by atoms with Gasteiger partial charge in [0.25, 0.3) is 0 Å². The van der Waals surface area contributed by atoms with E-state index in [9.17, 15) is 0 Å². The van der Waals surface area contributed by atoms with Crippen molar-refractivity contribution in [2.75, 3.05) is 0 Å². The Labute approximate surface area is 603 Å². The molecule has 486 valence electrons. The molecule has 0 aliphatic rings. The van der Waals surface area contributed by atoms with Gasteiger partial charge in [-0.3, -0.25) is 9.97 Å². The molecule has 0 atom stereocenters. The van der Waals surface area contributed by atoms with E-state index in [-0.39, 0.29) is 0 Å². The third-order valence-corrected chi connectivity index (χ3v) is 19.8. The van der Waals surface area contributed by atoms with Crippen LogP contribution in [-0.2, 0) is 0 Å². The summed E-state index contributed by atoms with van der Waals surface area (Å²) in [6.07, 6.45) is 7.38. The van der Waals surface area contributed by atoms with E-state index in [1.54, 1.807) is 12.4 Å². The second-order valence-corrected chi connectivity index (χ2v) is 26.2. The number of hydrogen-bond acceptors (Lipinski definition) is 6. The Morgan fingerprint density at radius 3 is 1.00 bits per heavy atom.